The van der Waals surface area contributed by atoms with Crippen LogP contribution in [-0.4, -0.2) is 24.4 Å². The third-order valence-electron chi connectivity index (χ3n) is 2.80. The van der Waals surface area contributed by atoms with Crippen LogP contribution in [0.3, 0.4) is 0 Å². The predicted molar refractivity (Wildman–Crippen MR) is 65.8 cm³/mol. The zero-order valence-electron chi connectivity index (χ0n) is 9.54. The maximum atomic E-state index is 13.2. The number of halogens is 2. The number of nitrogens with one attached hydrogen (secondary N) is 1. The topological polar surface area (TPSA) is 75.4 Å². The third kappa shape index (κ3) is 2.11. The first kappa shape index (κ1) is 12.6. The molecule has 2 amide bonds. The van der Waals surface area contributed by atoms with E-state index < -0.39 is 23.7 Å². The van der Waals surface area contributed by atoms with Gasteiger partial charge < -0.3 is 10.6 Å². The predicted octanol–water partition coefficient (Wildman–Crippen LogP) is 0.913. The van der Waals surface area contributed by atoms with Gasteiger partial charge in [-0.15, -0.1) is 0 Å². The molecule has 18 heavy (non-hydrogen) atoms. The Balaban J connectivity index is 2.44. The fourth-order valence-corrected chi connectivity index (χ4v) is 1.97. The van der Waals surface area contributed by atoms with Crippen molar-refractivity contribution in [1.29, 1.82) is 0 Å². The summed E-state index contributed by atoms with van der Waals surface area (Å²) in [6.07, 6.45) is 0. The smallest absolute Gasteiger partial charge is 0.249 e. The van der Waals surface area contributed by atoms with Gasteiger partial charge in [-0.05, 0) is 13.0 Å². The lowest BCUT2D eigenvalue weighted by Crippen LogP contribution is -2.57. The van der Waals surface area contributed by atoms with Gasteiger partial charge in [-0.3, -0.25) is 14.9 Å². The Morgan fingerprint density at radius 3 is 2.83 bits per heavy atom. The summed E-state index contributed by atoms with van der Waals surface area (Å²) in [5.74, 6) is -1.50. The van der Waals surface area contributed by atoms with Crippen molar-refractivity contribution < 1.29 is 14.0 Å². The molecule has 1 aromatic rings. The van der Waals surface area contributed by atoms with Gasteiger partial charge in [0.1, 0.15) is 11.9 Å². The van der Waals surface area contributed by atoms with Crippen LogP contribution in [0.4, 0.5) is 15.8 Å². The van der Waals surface area contributed by atoms with E-state index in [1.807, 2.05) is 0 Å². The molecule has 1 aromatic carbocycles. The summed E-state index contributed by atoms with van der Waals surface area (Å²) in [6, 6.07) is 1.81. The van der Waals surface area contributed by atoms with Crippen LogP contribution in [0.5, 0.6) is 0 Å². The molecule has 0 aromatic heterocycles. The Bertz CT molecular complexity index is 535. The SMILES string of the molecule is CC1C(=O)NC(=O)CN1c1cc(Cl)c(F)cc1N. The molecule has 1 atom stereocenters. The average molecular weight is 272 g/mol. The van der Waals surface area contributed by atoms with Gasteiger partial charge in [-0.1, -0.05) is 11.6 Å². The molecule has 0 saturated carbocycles. The number of amides is 2. The maximum Gasteiger partial charge on any atom is 0.249 e. The van der Waals surface area contributed by atoms with E-state index in [2.05, 4.69) is 5.32 Å². The number of piperazine rings is 1. The fourth-order valence-electron chi connectivity index (χ4n) is 1.81. The zero-order chi connectivity index (χ0) is 13.4. The summed E-state index contributed by atoms with van der Waals surface area (Å²) in [5.41, 5.74) is 6.19. The highest BCUT2D eigenvalue weighted by atomic mass is 35.5. The number of carbonyl (C=O) groups excluding carboxylic acids is 2. The number of anilines is 2. The van der Waals surface area contributed by atoms with Gasteiger partial charge in [0.2, 0.25) is 11.8 Å². The number of imide groups is 1. The number of carbonyl (C=O) groups is 2. The largest absolute Gasteiger partial charge is 0.397 e. The summed E-state index contributed by atoms with van der Waals surface area (Å²) in [4.78, 5) is 24.4. The minimum atomic E-state index is -0.640. The molecule has 0 bridgehead atoms. The molecule has 0 aliphatic carbocycles. The summed E-state index contributed by atoms with van der Waals surface area (Å²) in [7, 11) is 0. The summed E-state index contributed by atoms with van der Waals surface area (Å²) in [6.45, 7) is 1.59. The van der Waals surface area contributed by atoms with E-state index in [9.17, 15) is 14.0 Å². The molecule has 5 nitrogen and oxygen atoms in total. The van der Waals surface area contributed by atoms with Crippen molar-refractivity contribution >= 4 is 34.8 Å². The first-order valence-corrected chi connectivity index (χ1v) is 5.63. The third-order valence-corrected chi connectivity index (χ3v) is 3.09. The molecule has 1 saturated heterocycles. The van der Waals surface area contributed by atoms with Crippen LogP contribution in [0, 0.1) is 5.82 Å². The lowest BCUT2D eigenvalue weighted by Gasteiger charge is -2.34. The van der Waals surface area contributed by atoms with Crippen molar-refractivity contribution in [2.45, 2.75) is 13.0 Å². The van der Waals surface area contributed by atoms with Crippen molar-refractivity contribution in [3.8, 4) is 0 Å². The number of hydrogen-bond donors (Lipinski definition) is 2. The van der Waals surface area contributed by atoms with Gasteiger partial charge >= 0.3 is 0 Å². The Morgan fingerprint density at radius 2 is 2.17 bits per heavy atom. The van der Waals surface area contributed by atoms with E-state index in [0.29, 0.717) is 5.69 Å². The lowest BCUT2D eigenvalue weighted by atomic mass is 10.1. The number of benzene rings is 1. The molecule has 1 aliphatic rings. The van der Waals surface area contributed by atoms with Crippen LogP contribution in [0.1, 0.15) is 6.92 Å². The Labute approximate surface area is 108 Å². The van der Waals surface area contributed by atoms with Crippen LogP contribution < -0.4 is 16.0 Å². The summed E-state index contributed by atoms with van der Waals surface area (Å²) >= 11 is 5.68. The first-order chi connectivity index (χ1) is 8.40. The Hall–Kier alpha value is -1.82. The molecule has 1 unspecified atom stereocenters. The van der Waals surface area contributed by atoms with Gasteiger partial charge in [0.05, 0.1) is 22.9 Å². The molecule has 3 N–H and O–H groups in total. The fraction of sp³-hybridized carbons (Fsp3) is 0.273. The van der Waals surface area contributed by atoms with E-state index in [1.165, 1.54) is 11.0 Å². The zero-order valence-corrected chi connectivity index (χ0v) is 10.3. The number of nitrogens with zero attached hydrogens (tertiary/aromatic N) is 1. The normalized spacial score (nSPS) is 19.9. The minimum Gasteiger partial charge on any atom is -0.397 e. The van der Waals surface area contributed by atoms with E-state index in [4.69, 9.17) is 17.3 Å². The Kier molecular flexibility index (Phi) is 3.13. The molecule has 0 spiro atoms. The second kappa shape index (κ2) is 4.45. The standard InChI is InChI=1S/C11H11ClFN3O2/c1-5-11(18)15-10(17)4-16(5)9-2-6(12)7(13)3-8(9)14/h2-3,5H,4,14H2,1H3,(H,15,17,18). The van der Waals surface area contributed by atoms with E-state index in [-0.39, 0.29) is 17.3 Å². The molecule has 1 fully saturated rings. The second-order valence-corrected chi connectivity index (χ2v) is 4.45. The molecule has 2 rings (SSSR count). The molecule has 96 valence electrons. The quantitative estimate of drug-likeness (QED) is 0.588. The minimum absolute atomic E-state index is 0.0287. The van der Waals surface area contributed by atoms with Crippen molar-refractivity contribution in [2.24, 2.45) is 0 Å². The second-order valence-electron chi connectivity index (χ2n) is 4.04. The van der Waals surface area contributed by atoms with Crippen molar-refractivity contribution in [3.63, 3.8) is 0 Å². The monoisotopic (exact) mass is 271 g/mol. The van der Waals surface area contributed by atoms with Gasteiger partial charge in [0.15, 0.2) is 0 Å². The number of nitrogens with two attached hydrogens (primary N) is 1. The molecule has 1 heterocycles. The van der Waals surface area contributed by atoms with Crippen LogP contribution in [-0.2, 0) is 9.59 Å². The molecule has 1 aliphatic heterocycles. The molecule has 0 radical (unpaired) electrons. The van der Waals surface area contributed by atoms with Crippen LogP contribution >= 0.6 is 11.6 Å². The van der Waals surface area contributed by atoms with Gasteiger partial charge in [-0.2, -0.15) is 0 Å². The highest BCUT2D eigenvalue weighted by Gasteiger charge is 2.31. The average Bonchev–Trinajstić information content (AvgIpc) is 2.29. The van der Waals surface area contributed by atoms with Gasteiger partial charge in [0.25, 0.3) is 0 Å². The molecule has 7 heteroatoms. The molecular weight excluding hydrogens is 261 g/mol. The van der Waals surface area contributed by atoms with Crippen LogP contribution in [0.2, 0.25) is 5.02 Å². The van der Waals surface area contributed by atoms with Gasteiger partial charge in [-0.25, -0.2) is 4.39 Å². The number of nitrogen functional groups attached to an aromatic ring is 1. The molecular formula is C11H11ClFN3O2. The highest BCUT2D eigenvalue weighted by molar-refractivity contribution is 6.31. The van der Waals surface area contributed by atoms with Crippen molar-refractivity contribution in [2.75, 3.05) is 17.2 Å². The van der Waals surface area contributed by atoms with E-state index in [0.717, 1.165) is 6.07 Å². The van der Waals surface area contributed by atoms with Crippen LogP contribution in [0.25, 0.3) is 0 Å². The van der Waals surface area contributed by atoms with Crippen molar-refractivity contribution in [1.82, 2.24) is 5.32 Å². The van der Waals surface area contributed by atoms with Crippen molar-refractivity contribution in [3.05, 3.63) is 23.0 Å². The maximum absolute atomic E-state index is 13.2. The first-order valence-electron chi connectivity index (χ1n) is 5.25. The number of rotatable bonds is 1. The van der Waals surface area contributed by atoms with Gasteiger partial charge in [0, 0.05) is 6.07 Å². The Morgan fingerprint density at radius 1 is 1.50 bits per heavy atom. The van der Waals surface area contributed by atoms with Crippen LogP contribution in [0.15, 0.2) is 12.1 Å². The highest BCUT2D eigenvalue weighted by Crippen LogP contribution is 2.31. The van der Waals surface area contributed by atoms with E-state index >= 15 is 0 Å². The summed E-state index contributed by atoms with van der Waals surface area (Å²) in [5, 5.41) is 2.10. The lowest BCUT2D eigenvalue weighted by molar-refractivity contribution is -0.132. The number of hydrogen-bond acceptors (Lipinski definition) is 4. The van der Waals surface area contributed by atoms with E-state index in [1.54, 1.807) is 6.92 Å². The summed E-state index contributed by atoms with van der Waals surface area (Å²) < 4.78 is 13.2.